The topological polar surface area (TPSA) is 214 Å². The highest BCUT2D eigenvalue weighted by Gasteiger charge is 2.47. The van der Waals surface area contributed by atoms with Gasteiger partial charge in [-0.1, -0.05) is 94.6 Å². The Kier molecular flexibility index (Phi) is 26.9. The van der Waals surface area contributed by atoms with Crippen molar-refractivity contribution in [3.8, 4) is 0 Å². The van der Waals surface area contributed by atoms with Crippen LogP contribution in [0.4, 0.5) is 0 Å². The van der Waals surface area contributed by atoms with Gasteiger partial charge >= 0.3 is 5.97 Å². The van der Waals surface area contributed by atoms with Crippen LogP contribution in [0.2, 0.25) is 0 Å². The Morgan fingerprint density at radius 3 is 1.82 bits per heavy atom. The second-order valence-electron chi connectivity index (χ2n) is 14.1. The first-order valence-corrected chi connectivity index (χ1v) is 20.2. The lowest BCUT2D eigenvalue weighted by atomic mass is 9.98. The van der Waals surface area contributed by atoms with Crippen molar-refractivity contribution in [2.24, 2.45) is 0 Å². The molecule has 0 amide bonds. The van der Waals surface area contributed by atoms with Crippen molar-refractivity contribution in [3.05, 3.63) is 48.6 Å². The maximum atomic E-state index is 12.7. The molecule has 2 aliphatic rings. The zero-order valence-electron chi connectivity index (χ0n) is 32.9. The Morgan fingerprint density at radius 1 is 0.618 bits per heavy atom. The minimum absolute atomic E-state index is 0.0378. The minimum Gasteiger partial charge on any atom is -0.457 e. The molecule has 0 aromatic carbocycles. The molecule has 2 aliphatic heterocycles. The molecule has 0 saturated carbocycles. The first-order valence-electron chi connectivity index (χ1n) is 20.2. The molecule has 14 nitrogen and oxygen atoms in total. The van der Waals surface area contributed by atoms with Crippen LogP contribution in [0.3, 0.4) is 0 Å². The molecule has 0 aromatic rings. The number of hydrogen-bond donors (Lipinski definition) is 7. The number of carbonyl (C=O) groups excluding carboxylic acids is 1. The van der Waals surface area contributed by atoms with E-state index in [0.717, 1.165) is 77.0 Å². The molecule has 0 spiro atoms. The van der Waals surface area contributed by atoms with Gasteiger partial charge in [0.1, 0.15) is 54.9 Å². The molecule has 2 fully saturated rings. The van der Waals surface area contributed by atoms with Gasteiger partial charge in [0.05, 0.1) is 26.4 Å². The smallest absolute Gasteiger partial charge is 0.306 e. The average molecular weight is 787 g/mol. The molecule has 0 radical (unpaired) electrons. The third-order valence-corrected chi connectivity index (χ3v) is 9.35. The number of esters is 1. The van der Waals surface area contributed by atoms with Gasteiger partial charge in [-0.2, -0.15) is 0 Å². The third kappa shape index (κ3) is 19.8. The predicted octanol–water partition coefficient (Wildman–Crippen LogP) is 3.28. The second kappa shape index (κ2) is 30.1. The van der Waals surface area contributed by atoms with E-state index < -0.39 is 86.7 Å². The lowest BCUT2D eigenvalue weighted by molar-refractivity contribution is -0.332. The van der Waals surface area contributed by atoms with Gasteiger partial charge in [-0.3, -0.25) is 4.79 Å². The Hall–Kier alpha value is -2.05. The number of rotatable bonds is 29. The number of aliphatic hydroxyl groups excluding tert-OH is 7. The minimum atomic E-state index is -1.71. The maximum Gasteiger partial charge on any atom is 0.306 e. The van der Waals surface area contributed by atoms with Crippen LogP contribution in [-0.2, 0) is 33.2 Å². The first-order chi connectivity index (χ1) is 26.6. The summed E-state index contributed by atoms with van der Waals surface area (Å²) in [5.41, 5.74) is 0. The quantitative estimate of drug-likeness (QED) is 0.0330. The van der Waals surface area contributed by atoms with E-state index in [2.05, 4.69) is 62.5 Å². The summed E-state index contributed by atoms with van der Waals surface area (Å²) < 4.78 is 33.8. The third-order valence-electron chi connectivity index (χ3n) is 9.35. The van der Waals surface area contributed by atoms with E-state index in [1.807, 2.05) is 0 Å². The molecule has 2 saturated heterocycles. The van der Waals surface area contributed by atoms with Crippen LogP contribution in [-0.4, -0.2) is 142 Å². The average Bonchev–Trinajstić information content (AvgIpc) is 3.18. The van der Waals surface area contributed by atoms with Crippen molar-refractivity contribution in [2.75, 3.05) is 33.0 Å². The molecular formula is C41H70O14. The van der Waals surface area contributed by atoms with Gasteiger partial charge in [-0.05, 0) is 51.4 Å². The van der Waals surface area contributed by atoms with Crippen LogP contribution >= 0.6 is 0 Å². The Morgan fingerprint density at radius 2 is 1.18 bits per heavy atom. The number of aliphatic hydroxyl groups is 7. The van der Waals surface area contributed by atoms with Crippen LogP contribution in [0.1, 0.15) is 104 Å². The Bertz CT molecular complexity index is 1100. The SMILES string of the molecule is CC/C=C\C/C=C\C/C=C\C/C=C\CCCCCOCC(COC1OC(COC2OC(CO)C(O)C(O)C2O)C(O)C(O)C1O)OC(=O)CCCCCCC. The number of hydrogen-bond acceptors (Lipinski definition) is 14. The van der Waals surface area contributed by atoms with Crippen molar-refractivity contribution in [3.63, 3.8) is 0 Å². The molecule has 0 aromatic heterocycles. The molecular weight excluding hydrogens is 716 g/mol. The van der Waals surface area contributed by atoms with Crippen LogP contribution in [0.5, 0.6) is 0 Å². The van der Waals surface area contributed by atoms with Crippen molar-refractivity contribution in [1.82, 2.24) is 0 Å². The lowest BCUT2D eigenvalue weighted by Gasteiger charge is -2.42. The zero-order chi connectivity index (χ0) is 40.3. The highest BCUT2D eigenvalue weighted by molar-refractivity contribution is 5.69. The van der Waals surface area contributed by atoms with Gasteiger partial charge in [0, 0.05) is 13.0 Å². The molecule has 7 N–H and O–H groups in total. The van der Waals surface area contributed by atoms with Crippen LogP contribution in [0.15, 0.2) is 48.6 Å². The fraction of sp³-hybridized carbons (Fsp3) is 0.780. The molecule has 0 bridgehead atoms. The van der Waals surface area contributed by atoms with E-state index in [9.17, 15) is 40.5 Å². The molecule has 14 heteroatoms. The highest BCUT2D eigenvalue weighted by atomic mass is 16.7. The summed E-state index contributed by atoms with van der Waals surface area (Å²) >= 11 is 0. The first kappa shape index (κ1) is 49.1. The van der Waals surface area contributed by atoms with Crippen molar-refractivity contribution in [2.45, 2.75) is 171 Å². The summed E-state index contributed by atoms with van der Waals surface area (Å²) in [6, 6.07) is 0. The van der Waals surface area contributed by atoms with Gasteiger partial charge in [-0.25, -0.2) is 0 Å². The van der Waals surface area contributed by atoms with Gasteiger partial charge in [-0.15, -0.1) is 0 Å². The van der Waals surface area contributed by atoms with Crippen molar-refractivity contribution >= 4 is 5.97 Å². The molecule has 11 unspecified atom stereocenters. The van der Waals surface area contributed by atoms with Gasteiger partial charge in [0.15, 0.2) is 12.6 Å². The van der Waals surface area contributed by atoms with Crippen molar-refractivity contribution < 1.29 is 69.0 Å². The molecule has 0 aliphatic carbocycles. The monoisotopic (exact) mass is 786 g/mol. The normalized spacial score (nSPS) is 29.6. The van der Waals surface area contributed by atoms with Gasteiger partial charge < -0.3 is 64.2 Å². The standard InChI is InChI=1S/C41H70O14/c1-3-5-7-9-10-11-12-13-14-15-16-17-18-19-21-23-25-50-27-30(53-33(43)24-22-20-8-6-4-2)28-51-40-39(49)37(47)35(45)32(55-40)29-52-41-38(48)36(46)34(44)31(26-42)54-41/h5,7,10-11,13-14,16-17,30-32,34-42,44-49H,3-4,6,8-9,12,15,18-29H2,1-2H3/b7-5-,11-10-,14-13-,17-16-. The maximum absolute atomic E-state index is 12.7. The summed E-state index contributed by atoms with van der Waals surface area (Å²) in [7, 11) is 0. The van der Waals surface area contributed by atoms with E-state index in [1.54, 1.807) is 0 Å². The number of allylic oxidation sites excluding steroid dienone is 8. The van der Waals surface area contributed by atoms with E-state index in [-0.39, 0.29) is 19.6 Å². The summed E-state index contributed by atoms with van der Waals surface area (Å²) in [6.45, 7) is 3.35. The number of ether oxygens (including phenoxy) is 6. The Balaban J connectivity index is 1.81. The molecule has 2 rings (SSSR count). The summed E-state index contributed by atoms with van der Waals surface area (Å²) in [5.74, 6) is -0.405. The van der Waals surface area contributed by atoms with E-state index in [0.29, 0.717) is 13.0 Å². The van der Waals surface area contributed by atoms with Gasteiger partial charge in [0.25, 0.3) is 0 Å². The molecule has 318 valence electrons. The second-order valence-corrected chi connectivity index (χ2v) is 14.1. The fourth-order valence-electron chi connectivity index (χ4n) is 5.98. The number of carbonyl (C=O) groups is 1. The van der Waals surface area contributed by atoms with E-state index in [4.69, 9.17) is 28.4 Å². The number of unbranched alkanes of at least 4 members (excludes halogenated alkanes) is 7. The van der Waals surface area contributed by atoms with E-state index in [1.165, 1.54) is 0 Å². The van der Waals surface area contributed by atoms with Gasteiger partial charge in [0.2, 0.25) is 0 Å². The molecule has 2 heterocycles. The summed E-state index contributed by atoms with van der Waals surface area (Å²) in [5, 5.41) is 71.5. The van der Waals surface area contributed by atoms with Crippen LogP contribution in [0, 0.1) is 0 Å². The zero-order valence-corrected chi connectivity index (χ0v) is 32.9. The summed E-state index contributed by atoms with van der Waals surface area (Å²) in [6.07, 6.45) is 13.9. The summed E-state index contributed by atoms with van der Waals surface area (Å²) in [4.78, 5) is 12.7. The fourth-order valence-corrected chi connectivity index (χ4v) is 5.98. The lowest BCUT2D eigenvalue weighted by Crippen LogP contribution is -2.61. The largest absolute Gasteiger partial charge is 0.457 e. The van der Waals surface area contributed by atoms with Crippen LogP contribution < -0.4 is 0 Å². The Labute approximate surface area is 327 Å². The van der Waals surface area contributed by atoms with Crippen LogP contribution in [0.25, 0.3) is 0 Å². The van der Waals surface area contributed by atoms with E-state index >= 15 is 0 Å². The van der Waals surface area contributed by atoms with Crippen molar-refractivity contribution in [1.29, 1.82) is 0 Å². The molecule has 55 heavy (non-hydrogen) atoms. The highest BCUT2D eigenvalue weighted by Crippen LogP contribution is 2.26. The molecule has 11 atom stereocenters. The predicted molar refractivity (Wildman–Crippen MR) is 206 cm³/mol.